The molecule has 1 saturated heterocycles. The fourth-order valence-corrected chi connectivity index (χ4v) is 2.95. The van der Waals surface area contributed by atoms with Gasteiger partial charge in [-0.1, -0.05) is 0 Å². The Balaban J connectivity index is 2.14. The first-order valence-corrected chi connectivity index (χ1v) is 8.14. The Morgan fingerprint density at radius 2 is 2.12 bits per heavy atom. The Labute approximate surface area is 144 Å². The van der Waals surface area contributed by atoms with Gasteiger partial charge in [0.1, 0.15) is 6.54 Å². The standard InChI is InChI=1S/C16H21N3O6/c1-3-25-16(22)12-5-4-8-17(9-12)15(21)10-18-11(2)13(19(23)24)6-7-14(18)20/h6-7,12H,3-5,8-10H2,1-2H3/t12-/m0/s1. The number of amides is 1. The maximum atomic E-state index is 12.5. The quantitative estimate of drug-likeness (QED) is 0.442. The molecule has 9 nitrogen and oxygen atoms in total. The third-order valence-electron chi connectivity index (χ3n) is 4.31. The summed E-state index contributed by atoms with van der Waals surface area (Å²) in [7, 11) is 0. The van der Waals surface area contributed by atoms with E-state index in [2.05, 4.69) is 0 Å². The highest BCUT2D eigenvalue weighted by molar-refractivity contribution is 5.78. The highest BCUT2D eigenvalue weighted by Crippen LogP contribution is 2.19. The fraction of sp³-hybridized carbons (Fsp3) is 0.562. The smallest absolute Gasteiger partial charge is 0.310 e. The molecule has 0 aromatic carbocycles. The van der Waals surface area contributed by atoms with Crippen LogP contribution in [0, 0.1) is 23.0 Å². The largest absolute Gasteiger partial charge is 0.466 e. The summed E-state index contributed by atoms with van der Waals surface area (Å²) in [5.41, 5.74) is -0.560. The van der Waals surface area contributed by atoms with E-state index in [4.69, 9.17) is 4.74 Å². The number of piperidine rings is 1. The summed E-state index contributed by atoms with van der Waals surface area (Å²) in [5, 5.41) is 11.0. The molecule has 2 rings (SSSR count). The van der Waals surface area contributed by atoms with Gasteiger partial charge in [-0.15, -0.1) is 0 Å². The van der Waals surface area contributed by atoms with Crippen LogP contribution in [0.3, 0.4) is 0 Å². The average molecular weight is 351 g/mol. The number of rotatable bonds is 5. The Kier molecular flexibility index (Phi) is 5.89. The van der Waals surface area contributed by atoms with E-state index < -0.39 is 10.5 Å². The minimum Gasteiger partial charge on any atom is -0.466 e. The zero-order valence-electron chi connectivity index (χ0n) is 14.3. The third kappa shape index (κ3) is 4.23. The molecular formula is C16H21N3O6. The number of nitrogens with zero attached hydrogens (tertiary/aromatic N) is 3. The molecule has 0 spiro atoms. The second kappa shape index (κ2) is 7.91. The molecule has 0 unspecified atom stereocenters. The number of hydrogen-bond acceptors (Lipinski definition) is 6. The predicted octanol–water partition coefficient (Wildman–Crippen LogP) is 0.867. The first-order chi connectivity index (χ1) is 11.8. The van der Waals surface area contributed by atoms with Crippen molar-refractivity contribution in [2.24, 2.45) is 5.92 Å². The van der Waals surface area contributed by atoms with Gasteiger partial charge in [-0.3, -0.25) is 29.1 Å². The summed E-state index contributed by atoms with van der Waals surface area (Å²) >= 11 is 0. The Morgan fingerprint density at radius 1 is 1.40 bits per heavy atom. The first-order valence-electron chi connectivity index (χ1n) is 8.14. The highest BCUT2D eigenvalue weighted by atomic mass is 16.6. The van der Waals surface area contributed by atoms with Gasteiger partial charge < -0.3 is 9.64 Å². The molecule has 1 aliphatic heterocycles. The third-order valence-corrected chi connectivity index (χ3v) is 4.31. The summed E-state index contributed by atoms with van der Waals surface area (Å²) in [5.74, 6) is -1.05. The molecule has 2 heterocycles. The van der Waals surface area contributed by atoms with Gasteiger partial charge in [0.05, 0.1) is 23.1 Å². The molecule has 1 aromatic heterocycles. The number of carbonyl (C=O) groups is 2. The minimum absolute atomic E-state index is 0.129. The van der Waals surface area contributed by atoms with E-state index in [0.29, 0.717) is 19.4 Å². The van der Waals surface area contributed by atoms with Crippen molar-refractivity contribution in [2.45, 2.75) is 33.2 Å². The van der Waals surface area contributed by atoms with E-state index in [0.717, 1.165) is 16.7 Å². The monoisotopic (exact) mass is 351 g/mol. The van der Waals surface area contributed by atoms with Crippen molar-refractivity contribution in [3.8, 4) is 0 Å². The normalized spacial score (nSPS) is 17.2. The molecule has 0 bridgehead atoms. The van der Waals surface area contributed by atoms with Crippen molar-refractivity contribution in [2.75, 3.05) is 19.7 Å². The van der Waals surface area contributed by atoms with Crippen LogP contribution in [0.15, 0.2) is 16.9 Å². The lowest BCUT2D eigenvalue weighted by atomic mass is 9.98. The summed E-state index contributed by atoms with van der Waals surface area (Å²) in [4.78, 5) is 48.3. The van der Waals surface area contributed by atoms with E-state index >= 15 is 0 Å². The zero-order valence-corrected chi connectivity index (χ0v) is 14.3. The SMILES string of the molecule is CCOC(=O)[C@H]1CCCN(C(=O)Cn2c(C)c([N+](=O)[O-])ccc2=O)C1. The van der Waals surface area contributed by atoms with Crippen molar-refractivity contribution in [3.05, 3.63) is 38.3 Å². The van der Waals surface area contributed by atoms with Gasteiger partial charge in [0.2, 0.25) is 5.91 Å². The minimum atomic E-state index is -0.590. The summed E-state index contributed by atoms with van der Waals surface area (Å²) in [6.07, 6.45) is 1.32. The molecule has 136 valence electrons. The van der Waals surface area contributed by atoms with Crippen molar-refractivity contribution in [3.63, 3.8) is 0 Å². The predicted molar refractivity (Wildman–Crippen MR) is 88.0 cm³/mol. The molecule has 0 aliphatic carbocycles. The lowest BCUT2D eigenvalue weighted by molar-refractivity contribution is -0.386. The molecule has 0 N–H and O–H groups in total. The number of carbonyl (C=O) groups excluding carboxylic acids is 2. The second-order valence-electron chi connectivity index (χ2n) is 5.92. The summed E-state index contributed by atoms with van der Waals surface area (Å²) in [6.45, 7) is 3.87. The number of nitro groups is 1. The van der Waals surface area contributed by atoms with Crippen molar-refractivity contribution in [1.29, 1.82) is 0 Å². The topological polar surface area (TPSA) is 112 Å². The number of aromatic nitrogens is 1. The van der Waals surface area contributed by atoms with Gasteiger partial charge >= 0.3 is 5.97 Å². The molecule has 0 saturated carbocycles. The van der Waals surface area contributed by atoms with Gasteiger partial charge in [-0.05, 0) is 26.7 Å². The highest BCUT2D eigenvalue weighted by Gasteiger charge is 2.30. The zero-order chi connectivity index (χ0) is 18.6. The van der Waals surface area contributed by atoms with E-state index in [-0.39, 0.29) is 48.9 Å². The molecule has 1 aliphatic rings. The number of esters is 1. The van der Waals surface area contributed by atoms with Gasteiger partial charge in [0.25, 0.3) is 11.2 Å². The van der Waals surface area contributed by atoms with Crippen molar-refractivity contribution < 1.29 is 19.2 Å². The molecule has 0 radical (unpaired) electrons. The lowest BCUT2D eigenvalue weighted by Gasteiger charge is -2.31. The molecule has 1 atom stereocenters. The van der Waals surface area contributed by atoms with E-state index in [9.17, 15) is 24.5 Å². The van der Waals surface area contributed by atoms with Crippen LogP contribution in [0.5, 0.6) is 0 Å². The van der Waals surface area contributed by atoms with Crippen LogP contribution in [-0.2, 0) is 20.9 Å². The fourth-order valence-electron chi connectivity index (χ4n) is 2.95. The molecule has 1 amide bonds. The molecular weight excluding hydrogens is 330 g/mol. The van der Waals surface area contributed by atoms with Gasteiger partial charge in [0, 0.05) is 25.2 Å². The van der Waals surface area contributed by atoms with Gasteiger partial charge in [0.15, 0.2) is 0 Å². The average Bonchev–Trinajstić information content (AvgIpc) is 2.58. The molecule has 1 aromatic rings. The van der Waals surface area contributed by atoms with E-state index in [1.807, 2.05) is 0 Å². The van der Waals surface area contributed by atoms with Crippen LogP contribution >= 0.6 is 0 Å². The van der Waals surface area contributed by atoms with Crippen molar-refractivity contribution >= 4 is 17.6 Å². The number of likely N-dealkylation sites (tertiary alicyclic amines) is 1. The lowest BCUT2D eigenvalue weighted by Crippen LogP contribution is -2.45. The van der Waals surface area contributed by atoms with Crippen LogP contribution in [0.25, 0.3) is 0 Å². The Morgan fingerprint density at radius 3 is 2.76 bits per heavy atom. The van der Waals surface area contributed by atoms with Gasteiger partial charge in [-0.2, -0.15) is 0 Å². The van der Waals surface area contributed by atoms with Crippen LogP contribution in [0.4, 0.5) is 5.69 Å². The Bertz CT molecular complexity index is 742. The van der Waals surface area contributed by atoms with E-state index in [1.165, 1.54) is 11.8 Å². The maximum Gasteiger partial charge on any atom is 0.310 e. The number of hydrogen-bond donors (Lipinski definition) is 0. The molecule has 25 heavy (non-hydrogen) atoms. The number of pyridine rings is 1. The second-order valence-corrected chi connectivity index (χ2v) is 5.92. The van der Waals surface area contributed by atoms with Crippen LogP contribution < -0.4 is 5.56 Å². The van der Waals surface area contributed by atoms with Gasteiger partial charge in [-0.25, -0.2) is 0 Å². The van der Waals surface area contributed by atoms with Crippen LogP contribution in [-0.4, -0.2) is 46.0 Å². The molecule has 9 heteroatoms. The van der Waals surface area contributed by atoms with Crippen molar-refractivity contribution in [1.82, 2.24) is 9.47 Å². The van der Waals surface area contributed by atoms with E-state index in [1.54, 1.807) is 6.92 Å². The first kappa shape index (κ1) is 18.6. The summed E-state index contributed by atoms with van der Waals surface area (Å²) in [6, 6.07) is 2.21. The molecule has 1 fully saturated rings. The Hall–Kier alpha value is -2.71. The summed E-state index contributed by atoms with van der Waals surface area (Å²) < 4.78 is 6.09. The van der Waals surface area contributed by atoms with Crippen LogP contribution in [0.1, 0.15) is 25.5 Å². The maximum absolute atomic E-state index is 12.5. The number of ether oxygens (including phenoxy) is 1. The van der Waals surface area contributed by atoms with Crippen LogP contribution in [0.2, 0.25) is 0 Å².